The van der Waals surface area contributed by atoms with Gasteiger partial charge >= 0.3 is 0 Å². The number of nitrogens with one attached hydrogen (secondary N) is 1. The molecule has 11 heavy (non-hydrogen) atoms. The lowest BCUT2D eigenvalue weighted by Gasteiger charge is -2.10. The highest BCUT2D eigenvalue weighted by atomic mass is 15.0. The van der Waals surface area contributed by atoms with Crippen LogP contribution >= 0.6 is 0 Å². The Hall–Kier alpha value is -1.35. The highest BCUT2D eigenvalue weighted by molar-refractivity contribution is 5.89. The molecule has 0 saturated carbocycles. The Labute approximate surface area is 65.7 Å². The Balaban J connectivity index is 0.000000605. The maximum Gasteiger partial charge on any atom is 0.107 e. The topological polar surface area (TPSA) is 54.9 Å². The van der Waals surface area contributed by atoms with Gasteiger partial charge < -0.3 is 5.32 Å². The van der Waals surface area contributed by atoms with Crippen LogP contribution in [0.5, 0.6) is 0 Å². The molecule has 1 aliphatic rings. The van der Waals surface area contributed by atoms with Crippen molar-refractivity contribution in [3.8, 4) is 0 Å². The summed E-state index contributed by atoms with van der Waals surface area (Å²) in [6.07, 6.45) is 1.89. The minimum atomic E-state index is 0. The molecule has 0 fully saturated rings. The third-order valence-electron chi connectivity index (χ3n) is 1.55. The molecule has 0 amide bonds. The van der Waals surface area contributed by atoms with Crippen LogP contribution in [0.25, 0.3) is 0 Å². The maximum absolute atomic E-state index is 4.08. The van der Waals surface area contributed by atoms with Gasteiger partial charge in [-0.25, -0.2) is 0 Å². The smallest absolute Gasteiger partial charge is 0.107 e. The summed E-state index contributed by atoms with van der Waals surface area (Å²) in [6.45, 7) is 0.705. The van der Waals surface area contributed by atoms with Crippen LogP contribution in [0.3, 0.4) is 0 Å². The Kier molecular flexibility index (Phi) is 2.23. The molecule has 3 nitrogen and oxygen atoms in total. The van der Waals surface area contributed by atoms with Crippen molar-refractivity contribution < 1.29 is 0 Å². The van der Waals surface area contributed by atoms with E-state index in [4.69, 9.17) is 0 Å². The zero-order valence-electron chi connectivity index (χ0n) is 5.99. The van der Waals surface area contributed by atoms with Gasteiger partial charge in [0.2, 0.25) is 0 Å². The first-order valence-electron chi connectivity index (χ1n) is 3.29. The molecule has 55 valence electrons. The Morgan fingerprint density at radius 1 is 1.27 bits per heavy atom. The molecular formula is C8H8N3. The maximum atomic E-state index is 4.08. The van der Waals surface area contributed by atoms with Gasteiger partial charge in [0.05, 0.1) is 0 Å². The number of nitrogens with zero attached hydrogens (tertiary/aromatic N) is 2. The van der Waals surface area contributed by atoms with Gasteiger partial charge in [-0.1, -0.05) is 18.2 Å². The number of hydrogen-bond donors (Lipinski definition) is 1. The van der Waals surface area contributed by atoms with Gasteiger partial charge in [0, 0.05) is 23.6 Å². The van der Waals surface area contributed by atoms with Crippen LogP contribution in [-0.4, -0.2) is 12.9 Å². The highest BCUT2D eigenvalue weighted by Gasteiger charge is 1.99. The van der Waals surface area contributed by atoms with E-state index in [1.165, 1.54) is 11.3 Å². The van der Waals surface area contributed by atoms with Crippen molar-refractivity contribution in [2.75, 3.05) is 12.0 Å². The second-order valence-electron chi connectivity index (χ2n) is 2.23. The number of benzene rings is 1. The summed E-state index contributed by atoms with van der Waals surface area (Å²) in [5.41, 5.74) is 2.35. The van der Waals surface area contributed by atoms with Crippen LogP contribution in [0, 0.1) is 0 Å². The fourth-order valence-corrected chi connectivity index (χ4v) is 1.05. The summed E-state index contributed by atoms with van der Waals surface area (Å²) in [6, 6.07) is 8.13. The summed E-state index contributed by atoms with van der Waals surface area (Å²) < 4.78 is 0. The summed E-state index contributed by atoms with van der Waals surface area (Å²) >= 11 is 0. The van der Waals surface area contributed by atoms with Gasteiger partial charge in [0.25, 0.3) is 0 Å². The van der Waals surface area contributed by atoms with E-state index in [2.05, 4.69) is 16.4 Å². The quantitative estimate of drug-likeness (QED) is 0.583. The van der Waals surface area contributed by atoms with E-state index in [1.807, 2.05) is 24.4 Å². The average molecular weight is 146 g/mol. The summed E-state index contributed by atoms with van der Waals surface area (Å²) in [7, 11) is 0. The molecule has 1 heterocycles. The molecule has 3 radical (unpaired) electrons. The van der Waals surface area contributed by atoms with Gasteiger partial charge in [-0.15, -0.1) is 0 Å². The molecular weight excluding hydrogens is 138 g/mol. The lowest BCUT2D eigenvalue weighted by atomic mass is 10.2. The number of fused-ring (bicyclic) bond motifs is 1. The van der Waals surface area contributed by atoms with Crippen LogP contribution < -0.4 is 11.5 Å². The number of rotatable bonds is 0. The van der Waals surface area contributed by atoms with Crippen LogP contribution in [0.2, 0.25) is 0 Å². The van der Waals surface area contributed by atoms with Crippen molar-refractivity contribution in [2.24, 2.45) is 4.99 Å². The van der Waals surface area contributed by atoms with Crippen molar-refractivity contribution in [3.05, 3.63) is 29.8 Å². The summed E-state index contributed by atoms with van der Waals surface area (Å²) in [5, 5.41) is 3.16. The predicted octanol–water partition coefficient (Wildman–Crippen LogP) is 1.01. The van der Waals surface area contributed by atoms with E-state index in [0.717, 1.165) is 0 Å². The Morgan fingerprint density at radius 2 is 2.09 bits per heavy atom. The van der Waals surface area contributed by atoms with Crippen LogP contribution in [-0.2, 0) is 0 Å². The fraction of sp³-hybridized carbons (Fsp3) is 0.125. The molecule has 0 saturated heterocycles. The molecule has 0 aromatic heterocycles. The molecule has 0 atom stereocenters. The molecule has 2 rings (SSSR count). The monoisotopic (exact) mass is 146 g/mol. The first-order chi connectivity index (χ1) is 4.97. The number of hydrogen-bond acceptors (Lipinski definition) is 2. The van der Waals surface area contributed by atoms with Crippen LogP contribution in [0.4, 0.5) is 5.69 Å². The first-order valence-corrected chi connectivity index (χ1v) is 3.29. The van der Waals surface area contributed by atoms with E-state index in [0.29, 0.717) is 6.67 Å². The zero-order valence-corrected chi connectivity index (χ0v) is 5.99. The fourth-order valence-electron chi connectivity index (χ4n) is 1.05. The van der Waals surface area contributed by atoms with Crippen molar-refractivity contribution in [2.45, 2.75) is 0 Å². The van der Waals surface area contributed by atoms with E-state index in [1.54, 1.807) is 0 Å². The van der Waals surface area contributed by atoms with Crippen molar-refractivity contribution in [1.29, 1.82) is 0 Å². The second kappa shape index (κ2) is 3.16. The minimum absolute atomic E-state index is 0. The first kappa shape index (κ1) is 7.75. The number of aliphatic imine (C=N–C) groups is 1. The molecule has 0 bridgehead atoms. The van der Waals surface area contributed by atoms with Gasteiger partial charge in [-0.05, 0) is 6.07 Å². The lowest BCUT2D eigenvalue weighted by molar-refractivity contribution is 1.13. The lowest BCUT2D eigenvalue weighted by Crippen LogP contribution is -2.06. The SMILES string of the molecule is C1=NCNc2ccccc21.[N]. The van der Waals surface area contributed by atoms with Gasteiger partial charge in [-0.2, -0.15) is 0 Å². The van der Waals surface area contributed by atoms with Crippen LogP contribution in [0.15, 0.2) is 29.3 Å². The molecule has 3 heteroatoms. The third kappa shape index (κ3) is 1.38. The van der Waals surface area contributed by atoms with E-state index < -0.39 is 0 Å². The van der Waals surface area contributed by atoms with Gasteiger partial charge in [0.1, 0.15) is 6.67 Å². The van der Waals surface area contributed by atoms with E-state index in [-0.39, 0.29) is 6.15 Å². The van der Waals surface area contributed by atoms with Crippen molar-refractivity contribution in [3.63, 3.8) is 0 Å². The molecule has 1 aromatic rings. The zero-order chi connectivity index (χ0) is 6.81. The number of anilines is 1. The van der Waals surface area contributed by atoms with Crippen molar-refractivity contribution in [1.82, 2.24) is 6.15 Å². The molecule has 0 spiro atoms. The minimum Gasteiger partial charge on any atom is -0.366 e. The number of para-hydroxylation sites is 1. The van der Waals surface area contributed by atoms with Gasteiger partial charge in [-0.3, -0.25) is 4.99 Å². The Bertz CT molecular complexity index is 268. The molecule has 1 aromatic carbocycles. The third-order valence-corrected chi connectivity index (χ3v) is 1.55. The molecule has 0 aliphatic carbocycles. The van der Waals surface area contributed by atoms with E-state index >= 15 is 0 Å². The Morgan fingerprint density at radius 3 is 2.91 bits per heavy atom. The summed E-state index contributed by atoms with van der Waals surface area (Å²) in [4.78, 5) is 4.08. The standard InChI is InChI=1S/C8H8N2.N/c1-2-4-8-7(3-1)5-9-6-10-8;/h1-5,10H,6H2;. The van der Waals surface area contributed by atoms with Crippen LogP contribution in [0.1, 0.15) is 5.56 Å². The van der Waals surface area contributed by atoms with Crippen molar-refractivity contribution >= 4 is 11.9 Å². The highest BCUT2D eigenvalue weighted by Crippen LogP contribution is 2.14. The molecule has 1 aliphatic heterocycles. The molecule has 1 N–H and O–H groups in total. The largest absolute Gasteiger partial charge is 0.366 e. The molecule has 0 unspecified atom stereocenters. The average Bonchev–Trinajstić information content (AvgIpc) is 2.05. The van der Waals surface area contributed by atoms with Gasteiger partial charge in [0.15, 0.2) is 0 Å². The summed E-state index contributed by atoms with van der Waals surface area (Å²) in [5.74, 6) is 0. The normalized spacial score (nSPS) is 12.7. The second-order valence-corrected chi connectivity index (χ2v) is 2.23. The van der Waals surface area contributed by atoms with E-state index in [9.17, 15) is 0 Å². The predicted molar refractivity (Wildman–Crippen MR) is 44.7 cm³/mol.